The lowest BCUT2D eigenvalue weighted by Crippen LogP contribution is -2.42. The third kappa shape index (κ3) is 2.76. The smallest absolute Gasteiger partial charge is 0.227 e. The first kappa shape index (κ1) is 11.9. The predicted octanol–water partition coefficient (Wildman–Crippen LogP) is 1.95. The summed E-state index contributed by atoms with van der Waals surface area (Å²) in [4.78, 5) is 12.0. The summed E-state index contributed by atoms with van der Waals surface area (Å²) in [7, 11) is 0. The van der Waals surface area contributed by atoms with Crippen molar-refractivity contribution in [2.75, 3.05) is 6.54 Å². The summed E-state index contributed by atoms with van der Waals surface area (Å²) >= 11 is 0. The van der Waals surface area contributed by atoms with Gasteiger partial charge in [-0.25, -0.2) is 0 Å². The van der Waals surface area contributed by atoms with Gasteiger partial charge in [-0.3, -0.25) is 4.79 Å². The molecule has 2 aliphatic carbocycles. The minimum atomic E-state index is -0.178. The lowest BCUT2D eigenvalue weighted by atomic mass is 9.95. The van der Waals surface area contributed by atoms with Gasteiger partial charge in [-0.05, 0) is 25.7 Å². The Balaban J connectivity index is 1.80. The number of nitrogens with two attached hydrogens (primary N) is 1. The average molecular weight is 224 g/mol. The summed E-state index contributed by atoms with van der Waals surface area (Å²) in [5, 5.41) is 3.22. The van der Waals surface area contributed by atoms with Gasteiger partial charge >= 0.3 is 0 Å². The Bertz CT molecular complexity index is 240. The van der Waals surface area contributed by atoms with Crippen LogP contribution in [0.3, 0.4) is 0 Å². The Labute approximate surface area is 98.2 Å². The molecule has 2 rings (SSSR count). The third-order valence-electron chi connectivity index (χ3n) is 4.17. The van der Waals surface area contributed by atoms with E-state index in [1.54, 1.807) is 0 Å². The second-order valence-electron chi connectivity index (χ2n) is 5.50. The summed E-state index contributed by atoms with van der Waals surface area (Å²) in [6, 6.07) is 0.414. The largest absolute Gasteiger partial charge is 0.353 e. The van der Waals surface area contributed by atoms with Gasteiger partial charge in [0.2, 0.25) is 5.91 Å². The van der Waals surface area contributed by atoms with E-state index in [1.807, 2.05) is 0 Å². The van der Waals surface area contributed by atoms with Crippen molar-refractivity contribution in [3.05, 3.63) is 0 Å². The molecule has 0 saturated heterocycles. The quantitative estimate of drug-likeness (QED) is 0.770. The van der Waals surface area contributed by atoms with Gasteiger partial charge in [-0.1, -0.05) is 32.1 Å². The third-order valence-corrected chi connectivity index (χ3v) is 4.17. The maximum Gasteiger partial charge on any atom is 0.227 e. The zero-order valence-corrected chi connectivity index (χ0v) is 10.1. The standard InChI is InChI=1S/C13H24N2O/c14-10-13(8-9-13)12(16)15-11-6-4-2-1-3-5-7-11/h11H,1-10,14H2,(H,15,16). The molecule has 0 aliphatic heterocycles. The molecule has 0 bridgehead atoms. The van der Waals surface area contributed by atoms with Crippen LogP contribution < -0.4 is 11.1 Å². The second kappa shape index (κ2) is 5.17. The van der Waals surface area contributed by atoms with Crippen LogP contribution >= 0.6 is 0 Å². The summed E-state index contributed by atoms with van der Waals surface area (Å²) in [5.74, 6) is 0.223. The molecule has 2 aliphatic rings. The first-order chi connectivity index (χ1) is 7.77. The van der Waals surface area contributed by atoms with Gasteiger partial charge in [0.1, 0.15) is 0 Å². The van der Waals surface area contributed by atoms with Gasteiger partial charge in [0.25, 0.3) is 0 Å². The van der Waals surface area contributed by atoms with Crippen LogP contribution in [0.4, 0.5) is 0 Å². The van der Waals surface area contributed by atoms with Crippen molar-refractivity contribution in [2.24, 2.45) is 11.1 Å². The topological polar surface area (TPSA) is 55.1 Å². The molecule has 0 radical (unpaired) electrons. The molecule has 16 heavy (non-hydrogen) atoms. The van der Waals surface area contributed by atoms with Gasteiger partial charge in [0.15, 0.2) is 0 Å². The Morgan fingerprint density at radius 2 is 1.69 bits per heavy atom. The Morgan fingerprint density at radius 3 is 2.19 bits per heavy atom. The highest BCUT2D eigenvalue weighted by molar-refractivity contribution is 5.85. The van der Waals surface area contributed by atoms with Gasteiger partial charge in [-0.2, -0.15) is 0 Å². The van der Waals surface area contributed by atoms with Crippen molar-refractivity contribution in [1.29, 1.82) is 0 Å². The monoisotopic (exact) mass is 224 g/mol. The molecule has 92 valence electrons. The van der Waals surface area contributed by atoms with E-state index < -0.39 is 0 Å². The molecule has 0 atom stereocenters. The van der Waals surface area contributed by atoms with Gasteiger partial charge in [-0.15, -0.1) is 0 Å². The number of carbonyl (C=O) groups is 1. The minimum absolute atomic E-state index is 0.178. The van der Waals surface area contributed by atoms with Crippen molar-refractivity contribution in [3.8, 4) is 0 Å². The molecular weight excluding hydrogens is 200 g/mol. The molecule has 0 unspecified atom stereocenters. The number of amides is 1. The Hall–Kier alpha value is -0.570. The molecule has 0 heterocycles. The lowest BCUT2D eigenvalue weighted by molar-refractivity contribution is -0.126. The van der Waals surface area contributed by atoms with Crippen LogP contribution in [0.1, 0.15) is 57.8 Å². The molecule has 3 nitrogen and oxygen atoms in total. The van der Waals surface area contributed by atoms with Crippen LogP contribution in [0.25, 0.3) is 0 Å². The zero-order valence-electron chi connectivity index (χ0n) is 10.1. The van der Waals surface area contributed by atoms with Crippen molar-refractivity contribution < 1.29 is 4.79 Å². The lowest BCUT2D eigenvalue weighted by Gasteiger charge is -2.23. The normalized spacial score (nSPS) is 25.6. The molecule has 0 aromatic rings. The van der Waals surface area contributed by atoms with Crippen molar-refractivity contribution in [2.45, 2.75) is 63.8 Å². The number of rotatable bonds is 3. The summed E-state index contributed by atoms with van der Waals surface area (Å²) in [5.41, 5.74) is 5.49. The molecule has 3 N–H and O–H groups in total. The summed E-state index contributed by atoms with van der Waals surface area (Å²) in [6.45, 7) is 0.519. The minimum Gasteiger partial charge on any atom is -0.353 e. The fourth-order valence-electron chi connectivity index (χ4n) is 2.61. The molecule has 3 heteroatoms. The molecule has 0 spiro atoms. The van der Waals surface area contributed by atoms with Crippen molar-refractivity contribution >= 4 is 5.91 Å². The SMILES string of the molecule is NCC1(C(=O)NC2CCCCCCC2)CC1. The van der Waals surface area contributed by atoms with E-state index in [4.69, 9.17) is 5.73 Å². The molecule has 0 aromatic heterocycles. The van der Waals surface area contributed by atoms with Gasteiger partial charge in [0.05, 0.1) is 5.41 Å². The molecule has 2 fully saturated rings. The van der Waals surface area contributed by atoms with Crippen LogP contribution in [-0.2, 0) is 4.79 Å². The average Bonchev–Trinajstić information content (AvgIpc) is 3.02. The highest BCUT2D eigenvalue weighted by atomic mass is 16.2. The molecule has 1 amide bonds. The van der Waals surface area contributed by atoms with E-state index in [0.29, 0.717) is 12.6 Å². The van der Waals surface area contributed by atoms with Crippen molar-refractivity contribution in [1.82, 2.24) is 5.32 Å². The maximum absolute atomic E-state index is 12.0. The van der Waals surface area contributed by atoms with Crippen LogP contribution in [0.2, 0.25) is 0 Å². The number of hydrogen-bond donors (Lipinski definition) is 2. The van der Waals surface area contributed by atoms with Crippen LogP contribution in [0.15, 0.2) is 0 Å². The van der Waals surface area contributed by atoms with Crippen LogP contribution in [-0.4, -0.2) is 18.5 Å². The Kier molecular flexibility index (Phi) is 3.85. The van der Waals surface area contributed by atoms with E-state index in [2.05, 4.69) is 5.32 Å². The summed E-state index contributed by atoms with van der Waals surface area (Å²) < 4.78 is 0. The number of hydrogen-bond acceptors (Lipinski definition) is 2. The fourth-order valence-corrected chi connectivity index (χ4v) is 2.61. The van der Waals surface area contributed by atoms with E-state index in [-0.39, 0.29) is 11.3 Å². The fraction of sp³-hybridized carbons (Fsp3) is 0.923. The van der Waals surface area contributed by atoms with Gasteiger partial charge in [0, 0.05) is 12.6 Å². The van der Waals surface area contributed by atoms with E-state index in [9.17, 15) is 4.79 Å². The molecule has 0 aromatic carbocycles. The Morgan fingerprint density at radius 1 is 1.12 bits per heavy atom. The highest BCUT2D eigenvalue weighted by Gasteiger charge is 2.48. The highest BCUT2D eigenvalue weighted by Crippen LogP contribution is 2.44. The second-order valence-corrected chi connectivity index (χ2v) is 5.50. The van der Waals surface area contributed by atoms with Gasteiger partial charge < -0.3 is 11.1 Å². The van der Waals surface area contributed by atoms with E-state index in [0.717, 1.165) is 25.7 Å². The zero-order chi connectivity index (χ0) is 11.4. The van der Waals surface area contributed by atoms with Crippen LogP contribution in [0.5, 0.6) is 0 Å². The summed E-state index contributed by atoms with van der Waals surface area (Å²) in [6.07, 6.45) is 10.8. The number of nitrogens with one attached hydrogen (secondary N) is 1. The van der Waals surface area contributed by atoms with E-state index >= 15 is 0 Å². The first-order valence-electron chi connectivity index (χ1n) is 6.78. The predicted molar refractivity (Wildman–Crippen MR) is 65.0 cm³/mol. The molecule has 2 saturated carbocycles. The van der Waals surface area contributed by atoms with E-state index in [1.165, 1.54) is 32.1 Å². The van der Waals surface area contributed by atoms with Crippen LogP contribution in [0, 0.1) is 5.41 Å². The van der Waals surface area contributed by atoms with Crippen molar-refractivity contribution in [3.63, 3.8) is 0 Å². The number of carbonyl (C=O) groups excluding carboxylic acids is 1. The first-order valence-corrected chi connectivity index (χ1v) is 6.78. The maximum atomic E-state index is 12.0. The molecular formula is C13H24N2O.